The van der Waals surface area contributed by atoms with Crippen LogP contribution in [-0.4, -0.2) is 23.3 Å². The Morgan fingerprint density at radius 2 is 2.04 bits per heavy atom. The van der Waals surface area contributed by atoms with Gasteiger partial charge in [0.1, 0.15) is 5.78 Å². The predicted octanol–water partition coefficient (Wildman–Crippen LogP) is 3.85. The van der Waals surface area contributed by atoms with Gasteiger partial charge in [0.05, 0.1) is 6.61 Å². The molecule has 5 rings (SSSR count). The molecule has 0 aromatic carbocycles. The van der Waals surface area contributed by atoms with Gasteiger partial charge in [-0.15, -0.1) is 0 Å². The number of allylic oxidation sites excluding steroid dienone is 2. The van der Waals surface area contributed by atoms with Crippen LogP contribution in [0.2, 0.25) is 0 Å². The van der Waals surface area contributed by atoms with E-state index < -0.39 is 5.79 Å². The quantitative estimate of drug-likeness (QED) is 0.686. The lowest BCUT2D eigenvalue weighted by molar-refractivity contribution is -0.180. The lowest BCUT2D eigenvalue weighted by Gasteiger charge is -2.55. The van der Waals surface area contributed by atoms with E-state index in [9.17, 15) is 9.90 Å². The largest absolute Gasteiger partial charge is 0.365 e. The van der Waals surface area contributed by atoms with Crippen LogP contribution in [-0.2, 0) is 9.53 Å². The van der Waals surface area contributed by atoms with E-state index in [0.29, 0.717) is 29.5 Å². The molecule has 1 saturated heterocycles. The van der Waals surface area contributed by atoms with Crippen molar-refractivity contribution in [3.05, 3.63) is 11.6 Å². The van der Waals surface area contributed by atoms with E-state index in [4.69, 9.17) is 4.74 Å². The topological polar surface area (TPSA) is 46.5 Å². The van der Waals surface area contributed by atoms with Crippen LogP contribution < -0.4 is 0 Å². The first kappa shape index (κ1) is 15.6. The van der Waals surface area contributed by atoms with Crippen LogP contribution in [0, 0.1) is 34.5 Å². The fourth-order valence-corrected chi connectivity index (χ4v) is 7.59. The molecule has 4 aliphatic carbocycles. The van der Waals surface area contributed by atoms with E-state index >= 15 is 0 Å². The summed E-state index contributed by atoms with van der Waals surface area (Å²) in [5.74, 6) is 1.74. The van der Waals surface area contributed by atoms with Crippen molar-refractivity contribution in [1.29, 1.82) is 0 Å². The fourth-order valence-electron chi connectivity index (χ4n) is 7.59. The fraction of sp³-hybridized carbons (Fsp3) is 0.857. The van der Waals surface area contributed by atoms with Gasteiger partial charge in [-0.25, -0.2) is 0 Å². The van der Waals surface area contributed by atoms with E-state index in [-0.39, 0.29) is 10.8 Å². The van der Waals surface area contributed by atoms with E-state index in [2.05, 4.69) is 13.0 Å². The van der Waals surface area contributed by atoms with Crippen molar-refractivity contribution < 1.29 is 14.6 Å². The van der Waals surface area contributed by atoms with Gasteiger partial charge in [0, 0.05) is 24.2 Å². The number of aliphatic hydroxyl groups is 1. The summed E-state index contributed by atoms with van der Waals surface area (Å²) in [6, 6.07) is 0. The number of hydrogen-bond acceptors (Lipinski definition) is 3. The zero-order valence-electron chi connectivity index (χ0n) is 15.0. The molecule has 1 spiro atoms. The molecule has 0 amide bonds. The molecule has 0 aromatic heterocycles. The average Bonchev–Trinajstić information content (AvgIpc) is 3.04. The van der Waals surface area contributed by atoms with Gasteiger partial charge in [-0.05, 0) is 68.6 Å². The number of carbonyl (C=O) groups excluding carboxylic acids is 1. The Labute approximate surface area is 144 Å². The van der Waals surface area contributed by atoms with Crippen molar-refractivity contribution in [3.63, 3.8) is 0 Å². The third-order valence-corrected chi connectivity index (χ3v) is 8.85. The molecule has 3 nitrogen and oxygen atoms in total. The smallest absolute Gasteiger partial charge is 0.166 e. The second kappa shape index (κ2) is 4.73. The molecule has 0 aromatic rings. The molecule has 1 aliphatic heterocycles. The summed E-state index contributed by atoms with van der Waals surface area (Å²) < 4.78 is 5.87. The summed E-state index contributed by atoms with van der Waals surface area (Å²) in [6.45, 7) is 5.04. The van der Waals surface area contributed by atoms with Crippen LogP contribution in [0.1, 0.15) is 65.2 Å². The Hall–Kier alpha value is -0.670. The molecular formula is C21H30O3. The lowest BCUT2D eigenvalue weighted by Crippen LogP contribution is -2.49. The van der Waals surface area contributed by atoms with Crippen LogP contribution in [0.3, 0.4) is 0 Å². The van der Waals surface area contributed by atoms with Gasteiger partial charge in [0.15, 0.2) is 5.79 Å². The van der Waals surface area contributed by atoms with Gasteiger partial charge >= 0.3 is 0 Å². The van der Waals surface area contributed by atoms with Gasteiger partial charge in [0.2, 0.25) is 0 Å². The van der Waals surface area contributed by atoms with Gasteiger partial charge in [-0.2, -0.15) is 0 Å². The van der Waals surface area contributed by atoms with Gasteiger partial charge < -0.3 is 9.84 Å². The van der Waals surface area contributed by atoms with E-state index in [0.717, 1.165) is 38.7 Å². The Kier molecular flexibility index (Phi) is 3.07. The molecular weight excluding hydrogens is 300 g/mol. The maximum atomic E-state index is 12.0. The van der Waals surface area contributed by atoms with E-state index in [1.54, 1.807) is 5.57 Å². The summed E-state index contributed by atoms with van der Waals surface area (Å²) >= 11 is 0. The number of hydrogen-bond donors (Lipinski definition) is 1. The molecule has 5 aliphatic rings. The van der Waals surface area contributed by atoms with Crippen LogP contribution in [0.15, 0.2) is 11.6 Å². The minimum absolute atomic E-state index is 0.172. The molecule has 7 atom stereocenters. The number of Topliss-reactive ketones (excluding diaryl/α,β-unsaturated/α-hetero) is 1. The standard InChI is InChI=1S/C21H30O3/c1-19-9-7-14(22)11-13(19)3-4-15-16(19)8-10-21-12-24-20(2,23)18(21)6-5-17(15)21/h8,13,15,17-18,23H,3-7,9-12H2,1-2H3/t13-,15-,17-,18-,19+,20-,21-/m1/s1. The van der Waals surface area contributed by atoms with Crippen molar-refractivity contribution >= 4 is 5.78 Å². The van der Waals surface area contributed by atoms with Crippen LogP contribution in [0.5, 0.6) is 0 Å². The zero-order chi connectivity index (χ0) is 16.7. The minimum Gasteiger partial charge on any atom is -0.365 e. The highest BCUT2D eigenvalue weighted by molar-refractivity contribution is 5.80. The molecule has 1 N–H and O–H groups in total. The highest BCUT2D eigenvalue weighted by Crippen LogP contribution is 2.68. The lowest BCUT2D eigenvalue weighted by atomic mass is 9.48. The molecule has 0 radical (unpaired) electrons. The Morgan fingerprint density at radius 3 is 2.88 bits per heavy atom. The second-order valence-corrected chi connectivity index (χ2v) is 9.72. The number of ketones is 1. The van der Waals surface area contributed by atoms with Crippen LogP contribution >= 0.6 is 0 Å². The summed E-state index contributed by atoms with van der Waals surface area (Å²) in [7, 11) is 0. The van der Waals surface area contributed by atoms with Crippen molar-refractivity contribution in [1.82, 2.24) is 0 Å². The molecule has 132 valence electrons. The number of ether oxygens (including phenoxy) is 1. The molecule has 24 heavy (non-hydrogen) atoms. The molecule has 3 saturated carbocycles. The molecule has 0 unspecified atom stereocenters. The molecule has 1 heterocycles. The second-order valence-electron chi connectivity index (χ2n) is 9.72. The maximum Gasteiger partial charge on any atom is 0.166 e. The monoisotopic (exact) mass is 330 g/mol. The van der Waals surface area contributed by atoms with Crippen molar-refractivity contribution in [3.8, 4) is 0 Å². The maximum absolute atomic E-state index is 12.0. The van der Waals surface area contributed by atoms with Crippen molar-refractivity contribution in [2.24, 2.45) is 34.5 Å². The summed E-state index contributed by atoms with van der Waals surface area (Å²) in [4.78, 5) is 12.0. The summed E-state index contributed by atoms with van der Waals surface area (Å²) in [6.07, 6.45) is 11.0. The first-order valence-corrected chi connectivity index (χ1v) is 9.95. The average molecular weight is 330 g/mol. The van der Waals surface area contributed by atoms with Crippen molar-refractivity contribution in [2.75, 3.05) is 6.61 Å². The van der Waals surface area contributed by atoms with Crippen LogP contribution in [0.4, 0.5) is 0 Å². The van der Waals surface area contributed by atoms with Gasteiger partial charge in [-0.1, -0.05) is 18.6 Å². The van der Waals surface area contributed by atoms with E-state index in [1.165, 1.54) is 19.3 Å². The van der Waals surface area contributed by atoms with E-state index in [1.807, 2.05) is 6.92 Å². The van der Waals surface area contributed by atoms with Crippen LogP contribution in [0.25, 0.3) is 0 Å². The van der Waals surface area contributed by atoms with Gasteiger partial charge in [0.25, 0.3) is 0 Å². The highest BCUT2D eigenvalue weighted by Gasteiger charge is 2.65. The normalized spacial score (nSPS) is 56.1. The highest BCUT2D eigenvalue weighted by atomic mass is 16.6. The summed E-state index contributed by atoms with van der Waals surface area (Å²) in [5, 5.41) is 10.7. The molecule has 0 bridgehead atoms. The number of carbonyl (C=O) groups is 1. The first-order chi connectivity index (χ1) is 11.4. The SMILES string of the molecule is C[C@@]1(O)OC[C@]23CC=C4[C@@H](CC[C@@H]5CC(=O)CC[C@]45C)[C@H]2CC[C@@H]31. The van der Waals surface area contributed by atoms with Gasteiger partial charge in [-0.3, -0.25) is 4.79 Å². The molecule has 3 heteroatoms. The Balaban J connectivity index is 1.53. The number of rotatable bonds is 0. The molecule has 4 fully saturated rings. The zero-order valence-corrected chi connectivity index (χ0v) is 15.0. The number of fused-ring (bicyclic) bond motifs is 4. The summed E-state index contributed by atoms with van der Waals surface area (Å²) in [5.41, 5.74) is 2.10. The third-order valence-electron chi connectivity index (χ3n) is 8.85. The third kappa shape index (κ3) is 1.78. The minimum atomic E-state index is -0.932. The Bertz CT molecular complexity index is 621. The first-order valence-electron chi connectivity index (χ1n) is 9.95. The predicted molar refractivity (Wildman–Crippen MR) is 91.1 cm³/mol. The van der Waals surface area contributed by atoms with Crippen molar-refractivity contribution in [2.45, 2.75) is 71.0 Å². The Morgan fingerprint density at radius 1 is 1.21 bits per heavy atom.